The van der Waals surface area contributed by atoms with Crippen LogP contribution in [0, 0.1) is 0 Å². The van der Waals surface area contributed by atoms with Gasteiger partial charge >= 0.3 is 0 Å². The van der Waals surface area contributed by atoms with E-state index in [2.05, 4.69) is 4.98 Å². The van der Waals surface area contributed by atoms with Gasteiger partial charge in [0.25, 0.3) is 0 Å². The highest BCUT2D eigenvalue weighted by Crippen LogP contribution is 2.21. The van der Waals surface area contributed by atoms with Crippen molar-refractivity contribution >= 4 is 11.8 Å². The van der Waals surface area contributed by atoms with Crippen LogP contribution in [0.2, 0.25) is 0 Å². The van der Waals surface area contributed by atoms with Crippen LogP contribution in [0.5, 0.6) is 5.88 Å². The summed E-state index contributed by atoms with van der Waals surface area (Å²) in [5.41, 5.74) is 1.95. The van der Waals surface area contributed by atoms with E-state index >= 15 is 0 Å². The predicted molar refractivity (Wildman–Crippen MR) is 97.5 cm³/mol. The summed E-state index contributed by atoms with van der Waals surface area (Å²) in [7, 11) is 1.55. The van der Waals surface area contributed by atoms with Crippen LogP contribution in [0.4, 0.5) is 0 Å². The quantitative estimate of drug-likeness (QED) is 0.796. The molecule has 2 heterocycles. The Morgan fingerprint density at radius 2 is 1.92 bits per heavy atom. The third kappa shape index (κ3) is 3.85. The van der Waals surface area contributed by atoms with Gasteiger partial charge in [0.2, 0.25) is 17.7 Å². The van der Waals surface area contributed by atoms with Crippen molar-refractivity contribution in [3.05, 3.63) is 59.8 Å². The molecule has 1 aromatic heterocycles. The third-order valence-corrected chi connectivity index (χ3v) is 4.68. The van der Waals surface area contributed by atoms with Crippen molar-refractivity contribution in [3.8, 4) is 5.88 Å². The fourth-order valence-corrected chi connectivity index (χ4v) is 3.18. The molecule has 0 spiro atoms. The molecule has 0 N–H and O–H groups in total. The van der Waals surface area contributed by atoms with Crippen molar-refractivity contribution in [3.63, 3.8) is 0 Å². The van der Waals surface area contributed by atoms with Gasteiger partial charge < -0.3 is 14.5 Å². The van der Waals surface area contributed by atoms with Crippen molar-refractivity contribution in [2.24, 2.45) is 0 Å². The Labute approximate surface area is 153 Å². The van der Waals surface area contributed by atoms with Gasteiger partial charge in [0.15, 0.2) is 0 Å². The summed E-state index contributed by atoms with van der Waals surface area (Å²) < 4.78 is 5.25. The first-order valence-corrected chi connectivity index (χ1v) is 8.70. The van der Waals surface area contributed by atoms with Gasteiger partial charge in [-0.2, -0.15) is 0 Å². The molecule has 1 aromatic carbocycles. The van der Waals surface area contributed by atoms with E-state index in [1.165, 1.54) is 0 Å². The van der Waals surface area contributed by atoms with Crippen LogP contribution in [0.1, 0.15) is 18.1 Å². The van der Waals surface area contributed by atoms with Gasteiger partial charge in [-0.1, -0.05) is 36.4 Å². The molecule has 1 saturated heterocycles. The van der Waals surface area contributed by atoms with Gasteiger partial charge in [-0.3, -0.25) is 9.59 Å². The first kappa shape index (κ1) is 17.9. The molecule has 1 fully saturated rings. The number of hydrogen-bond acceptors (Lipinski definition) is 4. The standard InChI is InChI=1S/C20H23N3O3/c1-15-20(25)22(12-10-16-7-4-3-5-8-16)14-18(24)23(15)13-17-9-6-11-21-19(17)26-2/h3-9,11,15H,10,12-14H2,1-2H3/t15-/m0/s1. The zero-order valence-electron chi connectivity index (χ0n) is 15.1. The predicted octanol–water partition coefficient (Wildman–Crippen LogP) is 1.89. The lowest BCUT2D eigenvalue weighted by atomic mass is 10.1. The van der Waals surface area contributed by atoms with Crippen molar-refractivity contribution in [2.75, 3.05) is 20.2 Å². The van der Waals surface area contributed by atoms with Crippen molar-refractivity contribution in [1.29, 1.82) is 0 Å². The Balaban J connectivity index is 1.67. The lowest BCUT2D eigenvalue weighted by Gasteiger charge is -2.39. The SMILES string of the molecule is COc1ncccc1CN1C(=O)CN(CCc2ccccc2)C(=O)[C@@H]1C. The molecule has 0 unspecified atom stereocenters. The minimum Gasteiger partial charge on any atom is -0.481 e. The summed E-state index contributed by atoms with van der Waals surface area (Å²) in [6.07, 6.45) is 2.38. The maximum atomic E-state index is 12.7. The summed E-state index contributed by atoms with van der Waals surface area (Å²) in [5, 5.41) is 0. The number of methoxy groups -OCH3 is 1. The molecule has 2 aromatic rings. The molecule has 3 rings (SSSR count). The fraction of sp³-hybridized carbons (Fsp3) is 0.350. The Morgan fingerprint density at radius 1 is 1.15 bits per heavy atom. The number of amides is 2. The van der Waals surface area contributed by atoms with E-state index in [0.717, 1.165) is 17.5 Å². The second kappa shape index (κ2) is 7.99. The Morgan fingerprint density at radius 3 is 2.65 bits per heavy atom. The van der Waals surface area contributed by atoms with Gasteiger partial charge in [-0.15, -0.1) is 0 Å². The minimum absolute atomic E-state index is 0.0246. The van der Waals surface area contributed by atoms with Crippen LogP contribution in [0.25, 0.3) is 0 Å². The monoisotopic (exact) mass is 353 g/mol. The smallest absolute Gasteiger partial charge is 0.245 e. The van der Waals surface area contributed by atoms with E-state index in [4.69, 9.17) is 4.74 Å². The van der Waals surface area contributed by atoms with E-state index in [9.17, 15) is 9.59 Å². The van der Waals surface area contributed by atoms with E-state index in [-0.39, 0.29) is 18.4 Å². The van der Waals surface area contributed by atoms with Crippen molar-refractivity contribution in [1.82, 2.24) is 14.8 Å². The normalized spacial score (nSPS) is 17.5. The Bertz CT molecular complexity index is 779. The van der Waals surface area contributed by atoms with Gasteiger partial charge in [0.05, 0.1) is 20.2 Å². The molecule has 136 valence electrons. The number of benzene rings is 1. The van der Waals surface area contributed by atoms with E-state index in [1.807, 2.05) is 36.4 Å². The topological polar surface area (TPSA) is 62.7 Å². The molecule has 0 aliphatic carbocycles. The Kier molecular flexibility index (Phi) is 5.51. The third-order valence-electron chi connectivity index (χ3n) is 4.68. The molecular weight excluding hydrogens is 330 g/mol. The number of pyridine rings is 1. The minimum atomic E-state index is -0.503. The number of hydrogen-bond donors (Lipinski definition) is 0. The Hall–Kier alpha value is -2.89. The van der Waals surface area contributed by atoms with Crippen LogP contribution in [-0.4, -0.2) is 52.8 Å². The zero-order valence-corrected chi connectivity index (χ0v) is 15.1. The van der Waals surface area contributed by atoms with Crippen molar-refractivity contribution in [2.45, 2.75) is 25.9 Å². The van der Waals surface area contributed by atoms with E-state index < -0.39 is 6.04 Å². The lowest BCUT2D eigenvalue weighted by molar-refractivity contribution is -0.155. The largest absolute Gasteiger partial charge is 0.481 e. The number of piperazine rings is 1. The number of nitrogens with zero attached hydrogens (tertiary/aromatic N) is 3. The molecule has 0 radical (unpaired) electrons. The average Bonchev–Trinajstić information content (AvgIpc) is 2.68. The second-order valence-electron chi connectivity index (χ2n) is 6.36. The number of ether oxygens (including phenoxy) is 1. The highest BCUT2D eigenvalue weighted by Gasteiger charge is 2.36. The van der Waals surface area contributed by atoms with Gasteiger partial charge in [-0.05, 0) is 25.0 Å². The molecule has 0 bridgehead atoms. The van der Waals surface area contributed by atoms with Crippen LogP contribution in [-0.2, 0) is 22.6 Å². The molecular formula is C20H23N3O3. The van der Waals surface area contributed by atoms with E-state index in [0.29, 0.717) is 19.0 Å². The first-order chi connectivity index (χ1) is 12.6. The molecule has 1 atom stereocenters. The average molecular weight is 353 g/mol. The molecule has 1 aliphatic heterocycles. The number of aromatic nitrogens is 1. The molecule has 26 heavy (non-hydrogen) atoms. The van der Waals surface area contributed by atoms with Crippen LogP contribution in [0.3, 0.4) is 0 Å². The maximum Gasteiger partial charge on any atom is 0.245 e. The van der Waals surface area contributed by atoms with E-state index in [1.54, 1.807) is 36.1 Å². The van der Waals surface area contributed by atoms with Gasteiger partial charge in [0, 0.05) is 18.3 Å². The highest BCUT2D eigenvalue weighted by atomic mass is 16.5. The number of rotatable bonds is 6. The lowest BCUT2D eigenvalue weighted by Crippen LogP contribution is -2.58. The van der Waals surface area contributed by atoms with Crippen molar-refractivity contribution < 1.29 is 14.3 Å². The summed E-state index contributed by atoms with van der Waals surface area (Å²) >= 11 is 0. The summed E-state index contributed by atoms with van der Waals surface area (Å²) in [6, 6.07) is 13.1. The highest BCUT2D eigenvalue weighted by molar-refractivity contribution is 5.94. The second-order valence-corrected chi connectivity index (χ2v) is 6.36. The molecule has 2 amide bonds. The number of carbonyl (C=O) groups excluding carboxylic acids is 2. The van der Waals surface area contributed by atoms with Crippen LogP contribution < -0.4 is 4.74 Å². The molecule has 6 heteroatoms. The van der Waals surface area contributed by atoms with Crippen LogP contribution in [0.15, 0.2) is 48.7 Å². The molecule has 1 aliphatic rings. The summed E-state index contributed by atoms with van der Waals surface area (Å²) in [5.74, 6) is 0.394. The van der Waals surface area contributed by atoms with Gasteiger partial charge in [-0.25, -0.2) is 4.98 Å². The maximum absolute atomic E-state index is 12.7. The molecule has 0 saturated carbocycles. The zero-order chi connectivity index (χ0) is 18.5. The fourth-order valence-electron chi connectivity index (χ4n) is 3.18. The summed E-state index contributed by atoms with van der Waals surface area (Å²) in [4.78, 5) is 32.8. The first-order valence-electron chi connectivity index (χ1n) is 8.70. The molecule has 6 nitrogen and oxygen atoms in total. The number of carbonyl (C=O) groups is 2. The van der Waals surface area contributed by atoms with Crippen LogP contribution >= 0.6 is 0 Å². The summed E-state index contributed by atoms with van der Waals surface area (Å²) in [6.45, 7) is 2.74. The van der Waals surface area contributed by atoms with Gasteiger partial charge in [0.1, 0.15) is 6.04 Å².